The molecule has 2 saturated heterocycles. The Bertz CT molecular complexity index is 322. The van der Waals surface area contributed by atoms with Gasteiger partial charge in [0.15, 0.2) is 0 Å². The van der Waals surface area contributed by atoms with Crippen LogP contribution in [0.1, 0.15) is 26.2 Å². The molecule has 2 fully saturated rings. The largest absolute Gasteiger partial charge is 0.462 e. The first-order valence-corrected chi connectivity index (χ1v) is 5.27. The Labute approximate surface area is 88.9 Å². The minimum atomic E-state index is -0.263. The molecule has 15 heavy (non-hydrogen) atoms. The van der Waals surface area contributed by atoms with Gasteiger partial charge < -0.3 is 9.64 Å². The molecule has 0 aliphatic carbocycles. The molecule has 2 rings (SSSR count). The molecule has 1 amide bonds. The molecule has 1 atom stereocenters. The standard InChI is InChI=1S/C11H15NO3/c1-8(13)15-5-4-9-6-10-2-3-11(14)12(10)7-9/h4,10H,2-3,5-7H2,1H3/t10-/m0/s1. The molecule has 0 radical (unpaired) electrons. The van der Waals surface area contributed by atoms with Gasteiger partial charge in [0.1, 0.15) is 6.61 Å². The predicted molar refractivity (Wildman–Crippen MR) is 54.1 cm³/mol. The highest BCUT2D eigenvalue weighted by Crippen LogP contribution is 2.31. The van der Waals surface area contributed by atoms with Crippen LogP contribution in [-0.2, 0) is 14.3 Å². The number of hydrogen-bond donors (Lipinski definition) is 0. The molecule has 2 aliphatic rings. The van der Waals surface area contributed by atoms with Gasteiger partial charge in [-0.2, -0.15) is 0 Å². The van der Waals surface area contributed by atoms with Crippen molar-refractivity contribution in [3.05, 3.63) is 11.6 Å². The topological polar surface area (TPSA) is 46.6 Å². The SMILES string of the molecule is CC(=O)OCC=C1C[C@@H]2CCC(=O)N2C1. The van der Waals surface area contributed by atoms with Crippen molar-refractivity contribution < 1.29 is 14.3 Å². The highest BCUT2D eigenvalue weighted by atomic mass is 16.5. The van der Waals surface area contributed by atoms with Crippen molar-refractivity contribution in [2.75, 3.05) is 13.2 Å². The molecule has 0 aromatic rings. The second-order valence-electron chi connectivity index (χ2n) is 4.08. The fourth-order valence-corrected chi connectivity index (χ4v) is 2.23. The Morgan fingerprint density at radius 1 is 1.67 bits per heavy atom. The molecule has 82 valence electrons. The second-order valence-corrected chi connectivity index (χ2v) is 4.08. The third-order valence-electron chi connectivity index (χ3n) is 2.98. The number of carbonyl (C=O) groups is 2. The molecule has 0 spiro atoms. The van der Waals surface area contributed by atoms with Crippen LogP contribution in [0.15, 0.2) is 11.6 Å². The lowest BCUT2D eigenvalue weighted by Gasteiger charge is -2.12. The van der Waals surface area contributed by atoms with Crippen LogP contribution in [0.3, 0.4) is 0 Å². The number of fused-ring (bicyclic) bond motifs is 1. The molecule has 0 aromatic heterocycles. The van der Waals surface area contributed by atoms with Crippen molar-refractivity contribution in [1.29, 1.82) is 0 Å². The maximum Gasteiger partial charge on any atom is 0.302 e. The highest BCUT2D eigenvalue weighted by Gasteiger charge is 2.36. The van der Waals surface area contributed by atoms with E-state index >= 15 is 0 Å². The molecule has 0 bridgehead atoms. The van der Waals surface area contributed by atoms with Gasteiger partial charge in [-0.3, -0.25) is 9.59 Å². The van der Waals surface area contributed by atoms with Gasteiger partial charge in [-0.05, 0) is 24.5 Å². The van der Waals surface area contributed by atoms with Gasteiger partial charge in [0, 0.05) is 25.9 Å². The van der Waals surface area contributed by atoms with Crippen LogP contribution in [-0.4, -0.2) is 36.0 Å². The van der Waals surface area contributed by atoms with E-state index in [2.05, 4.69) is 0 Å². The third-order valence-corrected chi connectivity index (χ3v) is 2.98. The van der Waals surface area contributed by atoms with Crippen LogP contribution in [0.2, 0.25) is 0 Å². The summed E-state index contributed by atoms with van der Waals surface area (Å²) in [6.45, 7) is 2.46. The van der Waals surface area contributed by atoms with Crippen LogP contribution >= 0.6 is 0 Å². The minimum absolute atomic E-state index is 0.260. The van der Waals surface area contributed by atoms with Crippen molar-refractivity contribution >= 4 is 11.9 Å². The first-order chi connectivity index (χ1) is 7.16. The molecular formula is C11H15NO3. The van der Waals surface area contributed by atoms with E-state index in [9.17, 15) is 9.59 Å². The average molecular weight is 209 g/mol. The van der Waals surface area contributed by atoms with Crippen molar-refractivity contribution in [2.45, 2.75) is 32.2 Å². The van der Waals surface area contributed by atoms with E-state index < -0.39 is 0 Å². The van der Waals surface area contributed by atoms with Gasteiger partial charge in [-0.1, -0.05) is 0 Å². The number of nitrogens with zero attached hydrogens (tertiary/aromatic N) is 1. The average Bonchev–Trinajstić information content (AvgIpc) is 2.69. The van der Waals surface area contributed by atoms with Crippen LogP contribution < -0.4 is 0 Å². The normalized spacial score (nSPS) is 27.3. The van der Waals surface area contributed by atoms with E-state index in [4.69, 9.17) is 4.74 Å². The summed E-state index contributed by atoms with van der Waals surface area (Å²) in [6, 6.07) is 0.404. The molecule has 2 heterocycles. The Hall–Kier alpha value is -1.32. The van der Waals surface area contributed by atoms with Gasteiger partial charge in [-0.25, -0.2) is 0 Å². The summed E-state index contributed by atoms with van der Waals surface area (Å²) in [6.07, 6.45) is 4.55. The number of hydrogen-bond acceptors (Lipinski definition) is 3. The summed E-state index contributed by atoms with van der Waals surface area (Å²) in [4.78, 5) is 23.9. The van der Waals surface area contributed by atoms with Crippen molar-refractivity contribution in [2.24, 2.45) is 0 Å². The van der Waals surface area contributed by atoms with Crippen LogP contribution in [0.5, 0.6) is 0 Å². The summed E-state index contributed by atoms with van der Waals surface area (Å²) >= 11 is 0. The van der Waals surface area contributed by atoms with Gasteiger partial charge >= 0.3 is 5.97 Å². The number of amides is 1. The van der Waals surface area contributed by atoms with Crippen LogP contribution in [0, 0.1) is 0 Å². The number of carbonyl (C=O) groups excluding carboxylic acids is 2. The molecule has 0 saturated carbocycles. The zero-order valence-corrected chi connectivity index (χ0v) is 8.86. The smallest absolute Gasteiger partial charge is 0.302 e. The first-order valence-electron chi connectivity index (χ1n) is 5.27. The van der Waals surface area contributed by atoms with Crippen LogP contribution in [0.25, 0.3) is 0 Å². The summed E-state index contributed by atoms with van der Waals surface area (Å²) in [5.41, 5.74) is 1.22. The number of ether oxygens (including phenoxy) is 1. The van der Waals surface area contributed by atoms with Crippen molar-refractivity contribution in [3.8, 4) is 0 Å². The van der Waals surface area contributed by atoms with Gasteiger partial charge in [0.05, 0.1) is 0 Å². The predicted octanol–water partition coefficient (Wildman–Crippen LogP) is 0.871. The van der Waals surface area contributed by atoms with Crippen molar-refractivity contribution in [1.82, 2.24) is 4.90 Å². The number of rotatable bonds is 2. The maximum absolute atomic E-state index is 11.4. The maximum atomic E-state index is 11.4. The molecule has 2 aliphatic heterocycles. The second kappa shape index (κ2) is 4.04. The van der Waals surface area contributed by atoms with E-state index in [1.807, 2.05) is 11.0 Å². The quantitative estimate of drug-likeness (QED) is 0.501. The molecule has 0 unspecified atom stereocenters. The minimum Gasteiger partial charge on any atom is -0.462 e. The lowest BCUT2D eigenvalue weighted by molar-refractivity contribution is -0.139. The number of esters is 1. The summed E-state index contributed by atoms with van der Waals surface area (Å²) in [5, 5.41) is 0. The Morgan fingerprint density at radius 2 is 2.47 bits per heavy atom. The van der Waals surface area contributed by atoms with E-state index in [1.165, 1.54) is 12.5 Å². The monoisotopic (exact) mass is 209 g/mol. The first kappa shape index (κ1) is 10.2. The lowest BCUT2D eigenvalue weighted by Crippen LogP contribution is -2.26. The molecule has 0 aromatic carbocycles. The summed E-state index contributed by atoms with van der Waals surface area (Å²) < 4.78 is 4.83. The Balaban J connectivity index is 1.87. The zero-order chi connectivity index (χ0) is 10.8. The van der Waals surface area contributed by atoms with Gasteiger partial charge in [0.2, 0.25) is 5.91 Å². The van der Waals surface area contributed by atoms with E-state index in [1.54, 1.807) is 0 Å². The highest BCUT2D eigenvalue weighted by molar-refractivity contribution is 5.79. The molecular weight excluding hydrogens is 194 g/mol. The van der Waals surface area contributed by atoms with E-state index in [-0.39, 0.29) is 11.9 Å². The molecule has 4 nitrogen and oxygen atoms in total. The Kier molecular flexibility index (Phi) is 2.75. The lowest BCUT2D eigenvalue weighted by atomic mass is 10.1. The van der Waals surface area contributed by atoms with Gasteiger partial charge in [-0.15, -0.1) is 0 Å². The fraction of sp³-hybridized carbons (Fsp3) is 0.636. The zero-order valence-electron chi connectivity index (χ0n) is 8.86. The third kappa shape index (κ3) is 2.19. The molecule has 4 heteroatoms. The molecule has 0 N–H and O–H groups in total. The van der Waals surface area contributed by atoms with Crippen LogP contribution in [0.4, 0.5) is 0 Å². The fourth-order valence-electron chi connectivity index (χ4n) is 2.23. The van der Waals surface area contributed by atoms with Crippen molar-refractivity contribution in [3.63, 3.8) is 0 Å². The summed E-state index contributed by atoms with van der Waals surface area (Å²) in [7, 11) is 0. The van der Waals surface area contributed by atoms with E-state index in [0.29, 0.717) is 19.1 Å². The summed E-state index contributed by atoms with van der Waals surface area (Å²) in [5.74, 6) is -0.00249. The Morgan fingerprint density at radius 3 is 3.13 bits per heavy atom. The van der Waals surface area contributed by atoms with E-state index in [0.717, 1.165) is 19.4 Å². The van der Waals surface area contributed by atoms with Gasteiger partial charge in [0.25, 0.3) is 0 Å².